The number of hydrogen-bond donors (Lipinski definition) is 1. The van der Waals surface area contributed by atoms with E-state index in [0.717, 1.165) is 0 Å². The Kier molecular flexibility index (Phi) is 8.14. The van der Waals surface area contributed by atoms with Crippen LogP contribution in [0.1, 0.15) is 25.8 Å². The van der Waals surface area contributed by atoms with Crippen LogP contribution in [0.25, 0.3) is 17.2 Å². The highest BCUT2D eigenvalue weighted by Crippen LogP contribution is 2.37. The van der Waals surface area contributed by atoms with Gasteiger partial charge in [0.25, 0.3) is 0 Å². The Bertz CT molecular complexity index is 1480. The van der Waals surface area contributed by atoms with E-state index < -0.39 is 21.4 Å². The van der Waals surface area contributed by atoms with Crippen LogP contribution in [0.5, 0.6) is 11.5 Å². The minimum atomic E-state index is -4.14. The van der Waals surface area contributed by atoms with Crippen molar-refractivity contribution >= 4 is 27.6 Å². The number of methoxy groups -OCH3 is 2. The van der Waals surface area contributed by atoms with Crippen molar-refractivity contribution < 1.29 is 22.6 Å². The van der Waals surface area contributed by atoms with Crippen molar-refractivity contribution in [3.05, 3.63) is 53.7 Å². The van der Waals surface area contributed by atoms with Crippen LogP contribution in [0.3, 0.4) is 0 Å². The van der Waals surface area contributed by atoms with Gasteiger partial charge in [-0.05, 0) is 32.0 Å². The second-order valence-electron chi connectivity index (χ2n) is 8.06. The Morgan fingerprint density at radius 3 is 2.29 bits per heavy atom. The van der Waals surface area contributed by atoms with E-state index in [9.17, 15) is 8.42 Å². The molecule has 0 aliphatic heterocycles. The van der Waals surface area contributed by atoms with E-state index >= 15 is 0 Å². The SMILES string of the molecule is CCOC(c1ncc(Cl)cn1)C(C)S(=O)(=O)Nc1nnc(-c2ccn(C)n2)n1-c1c(OC)cccc1OC. The van der Waals surface area contributed by atoms with E-state index in [1.165, 1.54) is 38.1 Å². The van der Waals surface area contributed by atoms with E-state index in [4.69, 9.17) is 25.8 Å². The molecule has 0 bridgehead atoms. The van der Waals surface area contributed by atoms with Crippen molar-refractivity contribution in [3.8, 4) is 28.7 Å². The standard InChI is InChI=1S/C23H27ClN8O5S/c1-6-37-20(21-25-12-15(24)13-26-21)14(2)38(33,34)30-23-28-27-22(16-10-11-31(3)29-16)32(23)19-17(35-4)8-7-9-18(19)36-5/h7-14,20H,6H2,1-5H3,(H,28,30). The van der Waals surface area contributed by atoms with Crippen molar-refractivity contribution in [1.82, 2.24) is 34.5 Å². The number of rotatable bonds is 11. The van der Waals surface area contributed by atoms with Crippen LogP contribution in [0, 0.1) is 0 Å². The molecule has 3 aromatic heterocycles. The first-order valence-corrected chi connectivity index (χ1v) is 13.4. The normalized spacial score (nSPS) is 13.2. The number of nitrogens with one attached hydrogen (secondary N) is 1. The number of aromatic nitrogens is 7. The van der Waals surface area contributed by atoms with Crippen LogP contribution in [0.4, 0.5) is 5.95 Å². The molecule has 1 N–H and O–H groups in total. The summed E-state index contributed by atoms with van der Waals surface area (Å²) >= 11 is 5.91. The molecule has 202 valence electrons. The molecule has 0 spiro atoms. The van der Waals surface area contributed by atoms with Gasteiger partial charge in [-0.25, -0.2) is 18.4 Å². The van der Waals surface area contributed by atoms with Crippen molar-refractivity contribution in [2.75, 3.05) is 25.5 Å². The number of hydrogen-bond acceptors (Lipinski definition) is 10. The number of nitrogens with zero attached hydrogens (tertiary/aromatic N) is 7. The molecule has 38 heavy (non-hydrogen) atoms. The molecule has 4 rings (SSSR count). The summed E-state index contributed by atoms with van der Waals surface area (Å²) in [5.74, 6) is 1.14. The van der Waals surface area contributed by atoms with Gasteiger partial charge in [0.2, 0.25) is 16.0 Å². The van der Waals surface area contributed by atoms with E-state index in [1.54, 1.807) is 49.1 Å². The van der Waals surface area contributed by atoms with Crippen molar-refractivity contribution in [2.45, 2.75) is 25.2 Å². The zero-order valence-electron chi connectivity index (χ0n) is 21.4. The molecule has 0 aliphatic carbocycles. The molecule has 0 aliphatic rings. The summed E-state index contributed by atoms with van der Waals surface area (Å²) in [7, 11) is 0.599. The fourth-order valence-electron chi connectivity index (χ4n) is 3.77. The molecule has 13 nitrogen and oxygen atoms in total. The maximum atomic E-state index is 13.7. The maximum Gasteiger partial charge on any atom is 0.243 e. The van der Waals surface area contributed by atoms with Gasteiger partial charge in [-0.2, -0.15) is 5.10 Å². The van der Waals surface area contributed by atoms with Gasteiger partial charge < -0.3 is 14.2 Å². The van der Waals surface area contributed by atoms with Gasteiger partial charge >= 0.3 is 0 Å². The second-order valence-corrected chi connectivity index (χ2v) is 10.5. The maximum absolute atomic E-state index is 13.7. The third-order valence-corrected chi connectivity index (χ3v) is 7.51. The van der Waals surface area contributed by atoms with Gasteiger partial charge in [0.1, 0.15) is 34.2 Å². The van der Waals surface area contributed by atoms with Crippen LogP contribution >= 0.6 is 11.6 Å². The number of sulfonamides is 1. The first-order chi connectivity index (χ1) is 18.2. The largest absolute Gasteiger partial charge is 0.494 e. The van der Waals surface area contributed by atoms with Gasteiger partial charge in [-0.3, -0.25) is 14.0 Å². The number of anilines is 1. The highest BCUT2D eigenvalue weighted by Gasteiger charge is 2.35. The molecule has 0 saturated carbocycles. The van der Waals surface area contributed by atoms with E-state index in [1.807, 2.05) is 0 Å². The fraction of sp³-hybridized carbons (Fsp3) is 0.348. The lowest BCUT2D eigenvalue weighted by Gasteiger charge is -2.23. The Morgan fingerprint density at radius 2 is 1.74 bits per heavy atom. The van der Waals surface area contributed by atoms with Crippen LogP contribution in [0.15, 0.2) is 42.9 Å². The number of benzene rings is 1. The summed E-state index contributed by atoms with van der Waals surface area (Å²) in [6.45, 7) is 3.47. The molecule has 0 saturated heterocycles. The predicted octanol–water partition coefficient (Wildman–Crippen LogP) is 3.04. The third kappa shape index (κ3) is 5.42. The van der Waals surface area contributed by atoms with E-state index in [0.29, 0.717) is 27.9 Å². The number of ether oxygens (including phenoxy) is 3. The Hall–Kier alpha value is -3.75. The summed E-state index contributed by atoms with van der Waals surface area (Å²) < 4.78 is 49.8. The first-order valence-electron chi connectivity index (χ1n) is 11.5. The van der Waals surface area contributed by atoms with Crippen molar-refractivity contribution in [1.29, 1.82) is 0 Å². The fourth-order valence-corrected chi connectivity index (χ4v) is 4.96. The smallest absolute Gasteiger partial charge is 0.243 e. The zero-order chi connectivity index (χ0) is 27.4. The molecule has 2 atom stereocenters. The lowest BCUT2D eigenvalue weighted by molar-refractivity contribution is 0.0558. The monoisotopic (exact) mass is 562 g/mol. The molecule has 2 unspecified atom stereocenters. The highest BCUT2D eigenvalue weighted by atomic mass is 35.5. The van der Waals surface area contributed by atoms with Crippen LogP contribution < -0.4 is 14.2 Å². The molecular formula is C23H27ClN8O5S. The van der Waals surface area contributed by atoms with Crippen LogP contribution in [-0.4, -0.2) is 69.0 Å². The Morgan fingerprint density at radius 1 is 1.08 bits per heavy atom. The minimum absolute atomic E-state index is 0.104. The average molecular weight is 563 g/mol. The second kappa shape index (κ2) is 11.3. The van der Waals surface area contributed by atoms with Crippen LogP contribution in [-0.2, 0) is 21.8 Å². The van der Waals surface area contributed by atoms with Gasteiger partial charge in [0, 0.05) is 32.2 Å². The lowest BCUT2D eigenvalue weighted by Crippen LogP contribution is -2.34. The summed E-state index contributed by atoms with van der Waals surface area (Å²) in [5, 5.41) is 12.0. The zero-order valence-corrected chi connectivity index (χ0v) is 22.9. The molecule has 0 fully saturated rings. The number of aryl methyl sites for hydroxylation is 1. The molecular weight excluding hydrogens is 536 g/mol. The predicted molar refractivity (Wildman–Crippen MR) is 140 cm³/mol. The van der Waals surface area contributed by atoms with Crippen molar-refractivity contribution in [3.63, 3.8) is 0 Å². The molecule has 0 amide bonds. The molecule has 1 aromatic carbocycles. The summed E-state index contributed by atoms with van der Waals surface area (Å²) in [6.07, 6.45) is 3.51. The molecule has 3 heterocycles. The number of para-hydroxylation sites is 1. The van der Waals surface area contributed by atoms with Crippen LogP contribution in [0.2, 0.25) is 5.02 Å². The molecule has 4 aromatic rings. The Labute approximate surface area is 224 Å². The first kappa shape index (κ1) is 27.3. The van der Waals surface area contributed by atoms with E-state index in [2.05, 4.69) is 30.0 Å². The van der Waals surface area contributed by atoms with E-state index in [-0.39, 0.29) is 24.2 Å². The van der Waals surface area contributed by atoms with Gasteiger partial charge in [0.05, 0.1) is 19.2 Å². The summed E-state index contributed by atoms with van der Waals surface area (Å²) in [6, 6.07) is 6.90. The molecule has 0 radical (unpaired) electrons. The van der Waals surface area contributed by atoms with Crippen molar-refractivity contribution in [2.24, 2.45) is 7.05 Å². The topological polar surface area (TPSA) is 148 Å². The van der Waals surface area contributed by atoms with Gasteiger partial charge in [0.15, 0.2) is 11.6 Å². The number of halogens is 1. The highest BCUT2D eigenvalue weighted by molar-refractivity contribution is 7.93. The third-order valence-electron chi connectivity index (χ3n) is 5.62. The quantitative estimate of drug-likeness (QED) is 0.289. The molecule has 15 heteroatoms. The average Bonchev–Trinajstić information content (AvgIpc) is 3.52. The minimum Gasteiger partial charge on any atom is -0.494 e. The summed E-state index contributed by atoms with van der Waals surface area (Å²) in [4.78, 5) is 8.32. The van der Waals surface area contributed by atoms with Gasteiger partial charge in [-0.15, -0.1) is 10.2 Å². The van der Waals surface area contributed by atoms with Gasteiger partial charge in [-0.1, -0.05) is 17.7 Å². The lowest BCUT2D eigenvalue weighted by atomic mass is 10.2. The Balaban J connectivity index is 1.82. The summed E-state index contributed by atoms with van der Waals surface area (Å²) in [5.41, 5.74) is 0.837.